The number of nitrogens with one attached hydrogen (secondary N) is 1. The third-order valence-electron chi connectivity index (χ3n) is 3.27. The van der Waals surface area contributed by atoms with Gasteiger partial charge in [0.1, 0.15) is 0 Å². The zero-order valence-corrected chi connectivity index (χ0v) is 13.0. The van der Waals surface area contributed by atoms with Crippen LogP contribution in [0.2, 0.25) is 0 Å². The zero-order valence-electron chi connectivity index (χ0n) is 13.0. The number of carbonyl (C=O) groups is 2. The standard InChI is InChI=1S/C17H18N2O4/c1-12-6-8-14(9-7-12)11-18-16(20)13(2)23-17(21)15-5-3-4-10-19(15)22/h3-10,13H,11H2,1-2H3,(H,18,20)/t13-/m0/s1. The molecule has 1 N–H and O–H groups in total. The molecule has 120 valence electrons. The fourth-order valence-electron chi connectivity index (χ4n) is 1.90. The number of nitrogens with zero attached hydrogens (tertiary/aromatic N) is 1. The lowest BCUT2D eigenvalue weighted by Gasteiger charge is -2.13. The zero-order chi connectivity index (χ0) is 16.8. The van der Waals surface area contributed by atoms with Crippen LogP contribution >= 0.6 is 0 Å². The summed E-state index contributed by atoms with van der Waals surface area (Å²) in [5.41, 5.74) is 1.92. The Balaban J connectivity index is 1.88. The van der Waals surface area contributed by atoms with Crippen LogP contribution in [0.4, 0.5) is 0 Å². The third kappa shape index (κ3) is 4.54. The van der Waals surface area contributed by atoms with Crippen molar-refractivity contribution in [3.63, 3.8) is 0 Å². The molecule has 0 fully saturated rings. The fraction of sp³-hybridized carbons (Fsp3) is 0.235. The Bertz CT molecular complexity index is 698. The van der Waals surface area contributed by atoms with E-state index in [0.29, 0.717) is 11.3 Å². The van der Waals surface area contributed by atoms with Gasteiger partial charge in [-0.3, -0.25) is 4.79 Å². The van der Waals surface area contributed by atoms with Crippen molar-refractivity contribution < 1.29 is 19.1 Å². The molecule has 1 heterocycles. The minimum atomic E-state index is -0.992. The molecule has 0 radical (unpaired) electrons. The molecule has 1 atom stereocenters. The maximum atomic E-state index is 12.0. The van der Waals surface area contributed by atoms with Gasteiger partial charge in [0.2, 0.25) is 0 Å². The predicted octanol–water partition coefficient (Wildman–Crippen LogP) is 1.49. The van der Waals surface area contributed by atoms with Gasteiger partial charge in [0.05, 0.1) is 0 Å². The number of ether oxygens (including phenoxy) is 1. The minimum absolute atomic E-state index is 0.161. The van der Waals surface area contributed by atoms with Crippen LogP contribution < -0.4 is 10.0 Å². The smallest absolute Gasteiger partial charge is 0.405 e. The van der Waals surface area contributed by atoms with Crippen LogP contribution in [-0.4, -0.2) is 18.0 Å². The second kappa shape index (κ2) is 7.40. The Morgan fingerprint density at radius 1 is 1.22 bits per heavy atom. The molecule has 6 heteroatoms. The summed E-state index contributed by atoms with van der Waals surface area (Å²) in [5, 5.41) is 14.2. The van der Waals surface area contributed by atoms with Crippen molar-refractivity contribution in [2.24, 2.45) is 0 Å². The Hall–Kier alpha value is -2.89. The van der Waals surface area contributed by atoms with Gasteiger partial charge in [-0.15, -0.1) is 0 Å². The largest absolute Gasteiger partial charge is 0.618 e. The summed E-state index contributed by atoms with van der Waals surface area (Å²) in [6.45, 7) is 3.78. The molecular weight excluding hydrogens is 296 g/mol. The van der Waals surface area contributed by atoms with Gasteiger partial charge in [0.15, 0.2) is 12.3 Å². The van der Waals surface area contributed by atoms with E-state index in [1.165, 1.54) is 25.3 Å². The van der Waals surface area contributed by atoms with Crippen LogP contribution in [0.1, 0.15) is 28.5 Å². The van der Waals surface area contributed by atoms with Crippen LogP contribution in [0.25, 0.3) is 0 Å². The van der Waals surface area contributed by atoms with Crippen LogP contribution in [0.3, 0.4) is 0 Å². The van der Waals surface area contributed by atoms with Crippen molar-refractivity contribution in [3.8, 4) is 0 Å². The first-order valence-corrected chi connectivity index (χ1v) is 7.20. The van der Waals surface area contributed by atoms with Crippen molar-refractivity contribution in [2.45, 2.75) is 26.5 Å². The van der Waals surface area contributed by atoms with Crippen LogP contribution in [0.5, 0.6) is 0 Å². The normalized spacial score (nSPS) is 11.6. The first kappa shape index (κ1) is 16.5. The number of benzene rings is 1. The quantitative estimate of drug-likeness (QED) is 0.515. The average molecular weight is 314 g/mol. The van der Waals surface area contributed by atoms with Crippen molar-refractivity contribution >= 4 is 11.9 Å². The maximum absolute atomic E-state index is 12.0. The molecule has 1 aromatic carbocycles. The number of hydrogen-bond donors (Lipinski definition) is 1. The number of rotatable bonds is 5. The lowest BCUT2D eigenvalue weighted by Crippen LogP contribution is -2.39. The van der Waals surface area contributed by atoms with E-state index in [9.17, 15) is 14.8 Å². The first-order chi connectivity index (χ1) is 11.0. The van der Waals surface area contributed by atoms with Gasteiger partial charge in [-0.25, -0.2) is 4.79 Å². The van der Waals surface area contributed by atoms with E-state index >= 15 is 0 Å². The highest BCUT2D eigenvalue weighted by Gasteiger charge is 2.23. The second-order valence-electron chi connectivity index (χ2n) is 5.16. The number of hydrogen-bond acceptors (Lipinski definition) is 4. The van der Waals surface area contributed by atoms with Gasteiger partial charge in [-0.2, -0.15) is 4.73 Å². The highest BCUT2D eigenvalue weighted by Crippen LogP contribution is 2.04. The Kier molecular flexibility index (Phi) is 5.30. The number of esters is 1. The Morgan fingerprint density at radius 3 is 2.57 bits per heavy atom. The van der Waals surface area contributed by atoms with E-state index in [4.69, 9.17) is 4.74 Å². The minimum Gasteiger partial charge on any atom is -0.618 e. The van der Waals surface area contributed by atoms with Crippen molar-refractivity contribution in [3.05, 3.63) is 70.7 Å². The molecule has 6 nitrogen and oxygen atoms in total. The number of aromatic nitrogens is 1. The molecule has 2 aromatic rings. The summed E-state index contributed by atoms with van der Waals surface area (Å²) < 4.78 is 5.42. The molecule has 0 saturated carbocycles. The van der Waals surface area contributed by atoms with E-state index in [2.05, 4.69) is 5.32 Å². The monoisotopic (exact) mass is 314 g/mol. The second-order valence-corrected chi connectivity index (χ2v) is 5.16. The highest BCUT2D eigenvalue weighted by molar-refractivity contribution is 5.89. The van der Waals surface area contributed by atoms with Gasteiger partial charge in [-0.1, -0.05) is 29.8 Å². The van der Waals surface area contributed by atoms with Gasteiger partial charge >= 0.3 is 11.7 Å². The van der Waals surface area contributed by atoms with Gasteiger partial charge < -0.3 is 15.3 Å². The number of aryl methyl sites for hydroxylation is 1. The van der Waals surface area contributed by atoms with Crippen molar-refractivity contribution in [1.82, 2.24) is 5.32 Å². The fourth-order valence-corrected chi connectivity index (χ4v) is 1.90. The van der Waals surface area contributed by atoms with E-state index in [0.717, 1.165) is 11.1 Å². The van der Waals surface area contributed by atoms with E-state index in [1.807, 2.05) is 31.2 Å². The van der Waals surface area contributed by atoms with Gasteiger partial charge in [0.25, 0.3) is 5.91 Å². The van der Waals surface area contributed by atoms with Gasteiger partial charge in [-0.05, 0) is 25.5 Å². The summed E-state index contributed by atoms with van der Waals surface area (Å²) in [6, 6.07) is 12.1. The Labute approximate surface area is 134 Å². The molecule has 0 aliphatic carbocycles. The van der Waals surface area contributed by atoms with Gasteiger partial charge in [0, 0.05) is 18.7 Å². The summed E-state index contributed by atoms with van der Waals surface area (Å²) in [4.78, 5) is 23.8. The van der Waals surface area contributed by atoms with Crippen molar-refractivity contribution in [2.75, 3.05) is 0 Å². The molecule has 0 unspecified atom stereocenters. The number of amides is 1. The highest BCUT2D eigenvalue weighted by atomic mass is 16.6. The molecule has 0 aliphatic heterocycles. The summed E-state index contributed by atoms with van der Waals surface area (Å²) in [5.74, 6) is -1.26. The van der Waals surface area contributed by atoms with Crippen LogP contribution in [0, 0.1) is 12.1 Å². The van der Waals surface area contributed by atoms with Crippen molar-refractivity contribution in [1.29, 1.82) is 0 Å². The molecule has 0 saturated heterocycles. The maximum Gasteiger partial charge on any atom is 0.405 e. The molecule has 0 aliphatic rings. The average Bonchev–Trinajstić information content (AvgIpc) is 2.54. The molecular formula is C17H18N2O4. The molecule has 0 bridgehead atoms. The SMILES string of the molecule is Cc1ccc(CNC(=O)[C@H](C)OC(=O)c2cccc[n+]2[O-])cc1. The van der Waals surface area contributed by atoms with E-state index in [1.54, 1.807) is 6.07 Å². The third-order valence-corrected chi connectivity index (χ3v) is 3.27. The summed E-state index contributed by atoms with van der Waals surface area (Å²) in [6.07, 6.45) is 0.201. The Morgan fingerprint density at radius 2 is 1.91 bits per heavy atom. The number of pyridine rings is 1. The lowest BCUT2D eigenvalue weighted by molar-refractivity contribution is -0.608. The molecule has 1 aromatic heterocycles. The van der Waals surface area contributed by atoms with E-state index < -0.39 is 18.0 Å². The first-order valence-electron chi connectivity index (χ1n) is 7.20. The van der Waals surface area contributed by atoms with E-state index in [-0.39, 0.29) is 5.69 Å². The lowest BCUT2D eigenvalue weighted by atomic mass is 10.1. The summed E-state index contributed by atoms with van der Waals surface area (Å²) >= 11 is 0. The molecule has 23 heavy (non-hydrogen) atoms. The number of carbonyl (C=O) groups excluding carboxylic acids is 2. The predicted molar refractivity (Wildman–Crippen MR) is 83.3 cm³/mol. The molecule has 2 rings (SSSR count). The summed E-state index contributed by atoms with van der Waals surface area (Å²) in [7, 11) is 0. The molecule has 0 spiro atoms. The topological polar surface area (TPSA) is 82.3 Å². The van der Waals surface area contributed by atoms with Crippen LogP contribution in [0.15, 0.2) is 48.7 Å². The molecule has 1 amide bonds. The van der Waals surface area contributed by atoms with Crippen LogP contribution in [-0.2, 0) is 16.1 Å².